The van der Waals surface area contributed by atoms with Crippen molar-refractivity contribution in [2.24, 2.45) is 16.8 Å². The molecule has 0 spiro atoms. The molecule has 0 bridgehead atoms. The Morgan fingerprint density at radius 3 is 2.68 bits per heavy atom. The molecule has 0 aromatic carbocycles. The van der Waals surface area contributed by atoms with Crippen molar-refractivity contribution in [1.29, 1.82) is 0 Å². The van der Waals surface area contributed by atoms with Crippen LogP contribution < -0.4 is 5.32 Å². The minimum Gasteiger partial charge on any atom is -0.320 e. The van der Waals surface area contributed by atoms with Crippen LogP contribution in [-0.2, 0) is 0 Å². The first-order chi connectivity index (χ1) is 9.11. The van der Waals surface area contributed by atoms with Crippen molar-refractivity contribution in [3.8, 4) is 12.0 Å². The van der Waals surface area contributed by atoms with E-state index < -0.39 is 0 Å². The molecular weight excluding hydrogens is 234 g/mol. The van der Waals surface area contributed by atoms with E-state index >= 15 is 0 Å². The minimum absolute atomic E-state index is 0.630. The Labute approximate surface area is 119 Å². The third kappa shape index (κ3) is 10.3. The van der Waals surface area contributed by atoms with Crippen LogP contribution in [0.25, 0.3) is 0 Å². The van der Waals surface area contributed by atoms with E-state index in [4.69, 9.17) is 0 Å². The molecule has 108 valence electrons. The highest BCUT2D eigenvalue weighted by Gasteiger charge is 2.11. The van der Waals surface area contributed by atoms with Gasteiger partial charge in [0.15, 0.2) is 0 Å². The predicted octanol–water partition coefficient (Wildman–Crippen LogP) is 3.10. The van der Waals surface area contributed by atoms with Crippen molar-refractivity contribution in [3.05, 3.63) is 12.4 Å². The van der Waals surface area contributed by atoms with Gasteiger partial charge < -0.3 is 10.2 Å². The molecule has 0 aliphatic carbocycles. The van der Waals surface area contributed by atoms with Crippen LogP contribution in [0.2, 0.25) is 0 Å². The van der Waals surface area contributed by atoms with Gasteiger partial charge in [0.25, 0.3) is 0 Å². The largest absolute Gasteiger partial charge is 0.320 e. The van der Waals surface area contributed by atoms with Crippen LogP contribution in [0.15, 0.2) is 17.4 Å². The normalized spacial score (nSPS) is 13.9. The summed E-state index contributed by atoms with van der Waals surface area (Å²) in [6, 6.07) is 2.91. The van der Waals surface area contributed by atoms with Gasteiger partial charge in [0.1, 0.15) is 0 Å². The zero-order valence-corrected chi connectivity index (χ0v) is 12.9. The Balaban J connectivity index is 3.83. The molecule has 19 heavy (non-hydrogen) atoms. The average molecular weight is 263 g/mol. The van der Waals surface area contributed by atoms with Crippen LogP contribution in [0, 0.1) is 23.8 Å². The van der Waals surface area contributed by atoms with Gasteiger partial charge in [-0.15, -0.1) is 0 Å². The molecule has 0 fully saturated rings. The average Bonchev–Trinajstić information content (AvgIpc) is 2.40. The minimum atomic E-state index is 0.630. The Morgan fingerprint density at radius 2 is 2.05 bits per heavy atom. The fraction of sp³-hybridized carbons (Fsp3) is 0.688. The van der Waals surface area contributed by atoms with Gasteiger partial charge in [-0.3, -0.25) is 4.99 Å². The molecule has 0 radical (unpaired) electrons. The summed E-state index contributed by atoms with van der Waals surface area (Å²) in [5, 5.41) is 2.86. The van der Waals surface area contributed by atoms with Crippen LogP contribution in [0.3, 0.4) is 0 Å². The van der Waals surface area contributed by atoms with Crippen LogP contribution in [0.4, 0.5) is 0 Å². The van der Waals surface area contributed by atoms with Gasteiger partial charge in [-0.2, -0.15) is 0 Å². The lowest BCUT2D eigenvalue weighted by molar-refractivity contribution is 0.274. The molecule has 0 aromatic heterocycles. The molecular formula is C16H29N3. The third-order valence-electron chi connectivity index (χ3n) is 3.39. The summed E-state index contributed by atoms with van der Waals surface area (Å²) in [6.45, 7) is 12.5. The number of hydrogen-bond donors (Lipinski definition) is 1. The second-order valence-electron chi connectivity index (χ2n) is 5.20. The zero-order chi connectivity index (χ0) is 14.5. The van der Waals surface area contributed by atoms with Crippen molar-refractivity contribution in [3.63, 3.8) is 0 Å². The molecule has 0 saturated heterocycles. The molecule has 1 unspecified atom stereocenters. The standard InChI is InChI=1S/C16H29N3/c1-6-13-19(5)14-9-16(3)15(2)8-7-10-18-12-11-17-4/h11-12,15-16,18H,4,6,8-9,13-14H2,1-3,5H3/b12-11-/t15-,16?/m1/s1. The summed E-state index contributed by atoms with van der Waals surface area (Å²) in [5.74, 6) is 4.49. The van der Waals surface area contributed by atoms with Gasteiger partial charge in [0.05, 0.1) is 0 Å². The fourth-order valence-electron chi connectivity index (χ4n) is 1.80. The van der Waals surface area contributed by atoms with Crippen LogP contribution >= 0.6 is 0 Å². The van der Waals surface area contributed by atoms with E-state index in [0.29, 0.717) is 11.8 Å². The highest BCUT2D eigenvalue weighted by atomic mass is 15.1. The first kappa shape index (κ1) is 17.7. The molecule has 3 heteroatoms. The summed E-state index contributed by atoms with van der Waals surface area (Å²) >= 11 is 0. The lowest BCUT2D eigenvalue weighted by atomic mass is 9.90. The molecule has 0 heterocycles. The van der Waals surface area contributed by atoms with Crippen molar-refractivity contribution in [2.75, 3.05) is 20.1 Å². The quantitative estimate of drug-likeness (QED) is 0.393. The van der Waals surface area contributed by atoms with Crippen molar-refractivity contribution >= 4 is 6.72 Å². The molecule has 0 saturated carbocycles. The Bertz CT molecular complexity index is 312. The lowest BCUT2D eigenvalue weighted by Gasteiger charge is -2.21. The second-order valence-corrected chi connectivity index (χ2v) is 5.20. The van der Waals surface area contributed by atoms with Gasteiger partial charge in [0, 0.05) is 24.9 Å². The Kier molecular flexibility index (Phi) is 11.0. The van der Waals surface area contributed by atoms with Crippen molar-refractivity contribution in [1.82, 2.24) is 10.2 Å². The Morgan fingerprint density at radius 1 is 1.32 bits per heavy atom. The number of nitrogens with zero attached hydrogens (tertiary/aromatic N) is 2. The molecule has 0 aliphatic heterocycles. The third-order valence-corrected chi connectivity index (χ3v) is 3.39. The molecule has 3 nitrogen and oxygen atoms in total. The number of hydrogen-bond acceptors (Lipinski definition) is 3. The number of rotatable bonds is 9. The monoisotopic (exact) mass is 263 g/mol. The van der Waals surface area contributed by atoms with Crippen LogP contribution in [0.5, 0.6) is 0 Å². The van der Waals surface area contributed by atoms with E-state index in [1.165, 1.54) is 25.9 Å². The summed E-state index contributed by atoms with van der Waals surface area (Å²) in [5.41, 5.74) is 0. The van der Waals surface area contributed by atoms with Gasteiger partial charge in [-0.1, -0.05) is 26.7 Å². The first-order valence-corrected chi connectivity index (χ1v) is 7.14. The summed E-state index contributed by atoms with van der Waals surface area (Å²) in [4.78, 5) is 5.99. The van der Waals surface area contributed by atoms with Gasteiger partial charge in [-0.05, 0) is 51.5 Å². The first-order valence-electron chi connectivity index (χ1n) is 7.14. The van der Waals surface area contributed by atoms with E-state index in [1.807, 2.05) is 0 Å². The summed E-state index contributed by atoms with van der Waals surface area (Å²) in [7, 11) is 2.20. The maximum absolute atomic E-state index is 3.59. The summed E-state index contributed by atoms with van der Waals surface area (Å²) in [6.07, 6.45) is 6.68. The van der Waals surface area contributed by atoms with Crippen LogP contribution in [0.1, 0.15) is 40.0 Å². The second kappa shape index (κ2) is 11.8. The molecule has 0 aromatic rings. The van der Waals surface area contributed by atoms with Gasteiger partial charge in [-0.25, -0.2) is 0 Å². The smallest absolute Gasteiger partial charge is 0.0427 e. The fourth-order valence-corrected chi connectivity index (χ4v) is 1.80. The van der Waals surface area contributed by atoms with Crippen molar-refractivity contribution in [2.45, 2.75) is 40.0 Å². The van der Waals surface area contributed by atoms with E-state index in [9.17, 15) is 0 Å². The predicted molar refractivity (Wildman–Crippen MR) is 85.0 cm³/mol. The molecule has 2 atom stereocenters. The molecule has 0 amide bonds. The van der Waals surface area contributed by atoms with E-state index in [2.05, 4.69) is 61.7 Å². The molecule has 1 N–H and O–H groups in total. The van der Waals surface area contributed by atoms with E-state index in [-0.39, 0.29) is 0 Å². The van der Waals surface area contributed by atoms with Gasteiger partial charge >= 0.3 is 0 Å². The number of nitrogens with one attached hydrogen (secondary N) is 1. The highest BCUT2D eigenvalue weighted by Crippen LogP contribution is 2.18. The van der Waals surface area contributed by atoms with Crippen LogP contribution in [-0.4, -0.2) is 31.8 Å². The molecule has 0 rings (SSSR count). The lowest BCUT2D eigenvalue weighted by Crippen LogP contribution is -2.23. The van der Waals surface area contributed by atoms with Gasteiger partial charge in [0.2, 0.25) is 0 Å². The topological polar surface area (TPSA) is 27.6 Å². The van der Waals surface area contributed by atoms with E-state index in [1.54, 1.807) is 12.4 Å². The van der Waals surface area contributed by atoms with E-state index in [0.717, 1.165) is 6.42 Å². The number of aliphatic imine (C=N–C) groups is 1. The van der Waals surface area contributed by atoms with Crippen molar-refractivity contribution < 1.29 is 0 Å². The Hall–Kier alpha value is -1.27. The maximum Gasteiger partial charge on any atom is 0.0427 e. The maximum atomic E-state index is 3.59. The summed E-state index contributed by atoms with van der Waals surface area (Å²) < 4.78 is 0. The SMILES string of the molecule is C=N/C=C\NC#CC[C@@H](C)C(C)CCN(C)CCC. The molecule has 0 aliphatic rings. The zero-order valence-electron chi connectivity index (χ0n) is 12.9. The highest BCUT2D eigenvalue weighted by molar-refractivity contribution is 5.25.